The molecule has 2 unspecified atom stereocenters. The van der Waals surface area contributed by atoms with E-state index in [1.54, 1.807) is 17.0 Å². The Hall–Kier alpha value is -2.44. The van der Waals surface area contributed by atoms with Gasteiger partial charge in [-0.3, -0.25) is 9.59 Å². The van der Waals surface area contributed by atoms with Gasteiger partial charge in [-0.25, -0.2) is 4.39 Å². The van der Waals surface area contributed by atoms with Gasteiger partial charge in [0.1, 0.15) is 5.82 Å². The third kappa shape index (κ3) is 5.78. The molecule has 1 saturated heterocycles. The number of nitrogens with one attached hydrogen (secondary N) is 1. The van der Waals surface area contributed by atoms with Gasteiger partial charge in [-0.2, -0.15) is 0 Å². The Morgan fingerprint density at radius 3 is 2.24 bits per heavy atom. The molecular formula is C22H27ClFN3O2. The van der Waals surface area contributed by atoms with E-state index in [0.717, 1.165) is 5.56 Å². The topological polar surface area (TPSA) is 75.4 Å². The summed E-state index contributed by atoms with van der Waals surface area (Å²) < 4.78 is 13.0. The zero-order chi connectivity index (χ0) is 20.1. The number of carbonyl (C=O) groups excluding carboxylic acids is 2. The number of nitrogens with two attached hydrogens (primary N) is 1. The van der Waals surface area contributed by atoms with Crippen LogP contribution in [0.25, 0.3) is 0 Å². The first-order chi connectivity index (χ1) is 13.5. The zero-order valence-corrected chi connectivity index (χ0v) is 17.2. The number of anilines is 1. The fourth-order valence-corrected chi connectivity index (χ4v) is 3.55. The van der Waals surface area contributed by atoms with Crippen molar-refractivity contribution >= 4 is 29.9 Å². The summed E-state index contributed by atoms with van der Waals surface area (Å²) >= 11 is 0. The van der Waals surface area contributed by atoms with Crippen LogP contribution in [-0.2, 0) is 9.59 Å². The number of benzene rings is 2. The summed E-state index contributed by atoms with van der Waals surface area (Å²) in [5.74, 6) is -0.895. The van der Waals surface area contributed by atoms with Crippen LogP contribution in [0.3, 0.4) is 0 Å². The molecule has 0 saturated carbocycles. The van der Waals surface area contributed by atoms with Crippen molar-refractivity contribution in [1.29, 1.82) is 0 Å². The number of likely N-dealkylation sites (tertiary alicyclic amines) is 1. The second kappa shape index (κ2) is 10.4. The number of hydrogen-bond donors (Lipinski definition) is 2. The normalized spacial score (nSPS) is 16.4. The van der Waals surface area contributed by atoms with E-state index in [-0.39, 0.29) is 47.9 Å². The Kier molecular flexibility index (Phi) is 8.17. The van der Waals surface area contributed by atoms with Crippen LogP contribution in [0, 0.1) is 17.7 Å². The van der Waals surface area contributed by atoms with E-state index < -0.39 is 0 Å². The number of piperidine rings is 1. The first-order valence-corrected chi connectivity index (χ1v) is 9.61. The van der Waals surface area contributed by atoms with E-state index in [2.05, 4.69) is 5.32 Å². The number of nitrogens with zero attached hydrogens (tertiary/aromatic N) is 1. The van der Waals surface area contributed by atoms with Crippen LogP contribution in [-0.4, -0.2) is 29.8 Å². The van der Waals surface area contributed by atoms with Gasteiger partial charge in [0, 0.05) is 30.7 Å². The Bertz CT molecular complexity index is 809. The van der Waals surface area contributed by atoms with Crippen molar-refractivity contribution in [3.63, 3.8) is 0 Å². The van der Waals surface area contributed by atoms with Crippen LogP contribution >= 0.6 is 12.4 Å². The molecule has 2 aromatic carbocycles. The minimum absolute atomic E-state index is 0. The highest BCUT2D eigenvalue weighted by molar-refractivity contribution is 5.92. The van der Waals surface area contributed by atoms with Crippen LogP contribution in [0.5, 0.6) is 0 Å². The molecule has 2 aromatic rings. The maximum absolute atomic E-state index is 13.0. The molecule has 29 heavy (non-hydrogen) atoms. The summed E-state index contributed by atoms with van der Waals surface area (Å²) in [5.41, 5.74) is 7.80. The summed E-state index contributed by atoms with van der Waals surface area (Å²) in [7, 11) is 0. The van der Waals surface area contributed by atoms with E-state index >= 15 is 0 Å². The number of halogens is 2. The van der Waals surface area contributed by atoms with Gasteiger partial charge >= 0.3 is 0 Å². The minimum Gasteiger partial charge on any atom is -0.342 e. The van der Waals surface area contributed by atoms with Crippen molar-refractivity contribution in [3.8, 4) is 0 Å². The Labute approximate surface area is 176 Å². The Balaban J connectivity index is 0.00000300. The summed E-state index contributed by atoms with van der Waals surface area (Å²) in [6.07, 6.45) is 1.21. The lowest BCUT2D eigenvalue weighted by molar-refractivity contribution is -0.138. The number of hydrogen-bond acceptors (Lipinski definition) is 3. The van der Waals surface area contributed by atoms with Gasteiger partial charge in [0.05, 0.1) is 5.92 Å². The van der Waals surface area contributed by atoms with E-state index in [9.17, 15) is 14.0 Å². The molecule has 1 aliphatic heterocycles. The average Bonchev–Trinajstić information content (AvgIpc) is 2.74. The van der Waals surface area contributed by atoms with Gasteiger partial charge in [0.25, 0.3) is 0 Å². The third-order valence-corrected chi connectivity index (χ3v) is 5.40. The monoisotopic (exact) mass is 419 g/mol. The Morgan fingerprint density at radius 1 is 1.07 bits per heavy atom. The van der Waals surface area contributed by atoms with Crippen LogP contribution in [0.15, 0.2) is 54.6 Å². The molecule has 2 atom stereocenters. The predicted octanol–water partition coefficient (Wildman–Crippen LogP) is 3.76. The largest absolute Gasteiger partial charge is 0.342 e. The van der Waals surface area contributed by atoms with Crippen LogP contribution in [0.4, 0.5) is 10.1 Å². The summed E-state index contributed by atoms with van der Waals surface area (Å²) in [6, 6.07) is 15.0. The van der Waals surface area contributed by atoms with E-state index in [1.807, 2.05) is 37.3 Å². The van der Waals surface area contributed by atoms with Crippen molar-refractivity contribution < 1.29 is 14.0 Å². The third-order valence-electron chi connectivity index (χ3n) is 5.40. The van der Waals surface area contributed by atoms with Gasteiger partial charge < -0.3 is 16.0 Å². The highest BCUT2D eigenvalue weighted by atomic mass is 35.5. The van der Waals surface area contributed by atoms with Crippen LogP contribution < -0.4 is 11.1 Å². The fourth-order valence-electron chi connectivity index (χ4n) is 3.55. The molecule has 3 N–H and O–H groups in total. The molecule has 0 bridgehead atoms. The van der Waals surface area contributed by atoms with Gasteiger partial charge in [0.15, 0.2) is 0 Å². The molecule has 7 heteroatoms. The lowest BCUT2D eigenvalue weighted by atomic mass is 9.91. The molecule has 0 radical (unpaired) electrons. The fraction of sp³-hybridized carbons (Fsp3) is 0.364. The van der Waals surface area contributed by atoms with Crippen molar-refractivity contribution in [2.75, 3.05) is 18.4 Å². The van der Waals surface area contributed by atoms with Gasteiger partial charge in [-0.1, -0.05) is 37.3 Å². The zero-order valence-electron chi connectivity index (χ0n) is 16.4. The van der Waals surface area contributed by atoms with Gasteiger partial charge in [-0.15, -0.1) is 12.4 Å². The summed E-state index contributed by atoms with van der Waals surface area (Å²) in [6.45, 7) is 2.92. The smallest absolute Gasteiger partial charge is 0.227 e. The van der Waals surface area contributed by atoms with Crippen molar-refractivity contribution in [1.82, 2.24) is 4.90 Å². The van der Waals surface area contributed by atoms with Gasteiger partial charge in [0.2, 0.25) is 11.8 Å². The highest BCUT2D eigenvalue weighted by Crippen LogP contribution is 2.25. The molecule has 2 amide bonds. The average molecular weight is 420 g/mol. The number of rotatable bonds is 5. The van der Waals surface area contributed by atoms with Gasteiger partial charge in [-0.05, 0) is 42.7 Å². The Morgan fingerprint density at radius 2 is 1.66 bits per heavy atom. The van der Waals surface area contributed by atoms with Crippen molar-refractivity contribution in [2.45, 2.75) is 25.8 Å². The maximum atomic E-state index is 13.0. The molecular weight excluding hydrogens is 393 g/mol. The number of carbonyl (C=O) groups is 2. The molecule has 5 nitrogen and oxygen atoms in total. The molecule has 3 rings (SSSR count). The van der Waals surface area contributed by atoms with Crippen molar-refractivity contribution in [2.24, 2.45) is 17.6 Å². The second-order valence-electron chi connectivity index (χ2n) is 7.32. The van der Waals surface area contributed by atoms with Crippen LogP contribution in [0.1, 0.15) is 31.4 Å². The summed E-state index contributed by atoms with van der Waals surface area (Å²) in [4.78, 5) is 27.1. The van der Waals surface area contributed by atoms with Crippen molar-refractivity contribution in [3.05, 3.63) is 66.0 Å². The lowest BCUT2D eigenvalue weighted by Crippen LogP contribution is -2.45. The number of amides is 2. The maximum Gasteiger partial charge on any atom is 0.227 e. The highest BCUT2D eigenvalue weighted by Gasteiger charge is 2.31. The molecule has 1 fully saturated rings. The molecule has 0 aromatic heterocycles. The lowest BCUT2D eigenvalue weighted by Gasteiger charge is -2.34. The first kappa shape index (κ1) is 22.8. The second-order valence-corrected chi connectivity index (χ2v) is 7.32. The molecule has 1 aliphatic rings. The molecule has 156 valence electrons. The standard InChI is InChI=1S/C22H26FN3O2.ClH/c1-15(20(24)16-5-3-2-4-6-16)22(28)26-13-11-17(12-14-26)21(27)25-19-9-7-18(23)8-10-19;/h2-10,15,17,20H,11-14,24H2,1H3,(H,25,27);1H. The molecule has 0 spiro atoms. The first-order valence-electron chi connectivity index (χ1n) is 9.61. The van der Waals surface area contributed by atoms with Crippen LogP contribution in [0.2, 0.25) is 0 Å². The molecule has 0 aliphatic carbocycles. The summed E-state index contributed by atoms with van der Waals surface area (Å²) in [5, 5.41) is 2.82. The SMILES string of the molecule is CC(C(=O)N1CCC(C(=O)Nc2ccc(F)cc2)CC1)C(N)c1ccccc1.Cl. The van der Waals surface area contributed by atoms with E-state index in [1.165, 1.54) is 12.1 Å². The molecule has 1 heterocycles. The van der Waals surface area contributed by atoms with E-state index in [0.29, 0.717) is 31.6 Å². The predicted molar refractivity (Wildman–Crippen MR) is 114 cm³/mol. The minimum atomic E-state index is -0.354. The quantitative estimate of drug-likeness (QED) is 0.774. The van der Waals surface area contributed by atoms with E-state index in [4.69, 9.17) is 5.73 Å².